The lowest BCUT2D eigenvalue weighted by Gasteiger charge is -2.38. The van der Waals surface area contributed by atoms with E-state index in [-0.39, 0.29) is 6.04 Å². The summed E-state index contributed by atoms with van der Waals surface area (Å²) in [5.74, 6) is 2.60. The normalized spacial score (nSPS) is 17.2. The molecule has 1 unspecified atom stereocenters. The van der Waals surface area contributed by atoms with Crippen molar-refractivity contribution in [2.45, 2.75) is 38.4 Å². The number of fused-ring (bicyclic) bond motifs is 1. The zero-order valence-corrected chi connectivity index (χ0v) is 19.4. The molecule has 0 spiro atoms. The number of ether oxygens (including phenoxy) is 3. The molecule has 1 N–H and O–H groups in total. The zero-order valence-electron chi connectivity index (χ0n) is 19.4. The summed E-state index contributed by atoms with van der Waals surface area (Å²) < 4.78 is 16.5. The highest BCUT2D eigenvalue weighted by Crippen LogP contribution is 2.34. The van der Waals surface area contributed by atoms with Crippen LogP contribution in [0.1, 0.15) is 41.1 Å². The number of aryl methyl sites for hydroxylation is 1. The monoisotopic (exact) mass is 444 g/mol. The van der Waals surface area contributed by atoms with Crippen molar-refractivity contribution in [3.05, 3.63) is 89.0 Å². The van der Waals surface area contributed by atoms with Crippen LogP contribution in [0, 0.1) is 6.92 Å². The van der Waals surface area contributed by atoms with E-state index >= 15 is 0 Å². The first-order valence-electron chi connectivity index (χ1n) is 11.8. The molecule has 0 radical (unpaired) electrons. The van der Waals surface area contributed by atoms with Crippen molar-refractivity contribution in [3.8, 4) is 17.2 Å². The van der Waals surface area contributed by atoms with Gasteiger partial charge in [0.25, 0.3) is 0 Å². The van der Waals surface area contributed by atoms with Crippen molar-refractivity contribution < 1.29 is 14.2 Å². The third-order valence-electron chi connectivity index (χ3n) is 6.73. The maximum Gasteiger partial charge on any atom is 0.231 e. The maximum atomic E-state index is 5.52. The molecule has 2 aliphatic heterocycles. The standard InChI is InChI=1S/C28H32N2O3/c1-20-6-9-22(10-7-20)28(23-4-3-5-25(17-23)31-2)30-14-12-24(13-15-30)29-18-21-8-11-26-27(16-21)33-19-32-26/h3-11,16-17,24,28-29H,12-15,18-19H2,1-2H3. The Kier molecular flexibility index (Phi) is 6.51. The van der Waals surface area contributed by atoms with Crippen LogP contribution in [-0.4, -0.2) is 37.9 Å². The predicted molar refractivity (Wildman–Crippen MR) is 130 cm³/mol. The molecule has 3 aromatic rings. The fourth-order valence-corrected chi connectivity index (χ4v) is 4.85. The average Bonchev–Trinajstić information content (AvgIpc) is 3.33. The Morgan fingerprint density at radius 1 is 0.939 bits per heavy atom. The molecule has 0 aromatic heterocycles. The summed E-state index contributed by atoms with van der Waals surface area (Å²) in [7, 11) is 1.73. The highest BCUT2D eigenvalue weighted by atomic mass is 16.7. The van der Waals surface area contributed by atoms with Crippen molar-refractivity contribution in [2.75, 3.05) is 27.0 Å². The van der Waals surface area contributed by atoms with E-state index < -0.39 is 0 Å². The summed E-state index contributed by atoms with van der Waals surface area (Å²) in [6.45, 7) is 5.41. The summed E-state index contributed by atoms with van der Waals surface area (Å²) in [6.07, 6.45) is 2.24. The van der Waals surface area contributed by atoms with Crippen LogP contribution in [0.15, 0.2) is 66.7 Å². The Labute approximate surface area is 196 Å². The minimum absolute atomic E-state index is 0.232. The number of rotatable bonds is 7. The molecule has 1 saturated heterocycles. The summed E-state index contributed by atoms with van der Waals surface area (Å²) >= 11 is 0. The quantitative estimate of drug-likeness (QED) is 0.551. The minimum atomic E-state index is 0.232. The van der Waals surface area contributed by atoms with Gasteiger partial charge in [-0.1, -0.05) is 48.0 Å². The topological polar surface area (TPSA) is 43.0 Å². The van der Waals surface area contributed by atoms with Gasteiger partial charge >= 0.3 is 0 Å². The highest BCUT2D eigenvalue weighted by molar-refractivity contribution is 5.44. The van der Waals surface area contributed by atoms with Crippen LogP contribution in [0.2, 0.25) is 0 Å². The molecule has 1 fully saturated rings. The molecule has 2 aliphatic rings. The van der Waals surface area contributed by atoms with Gasteiger partial charge in [0.15, 0.2) is 11.5 Å². The van der Waals surface area contributed by atoms with Crippen LogP contribution in [0.4, 0.5) is 0 Å². The zero-order chi connectivity index (χ0) is 22.6. The summed E-state index contributed by atoms with van der Waals surface area (Å²) in [5.41, 5.74) is 5.13. The molecule has 0 aliphatic carbocycles. The summed E-state index contributed by atoms with van der Waals surface area (Å²) in [5, 5.41) is 3.75. The van der Waals surface area contributed by atoms with Gasteiger partial charge in [0.05, 0.1) is 13.2 Å². The number of hydrogen-bond donors (Lipinski definition) is 1. The SMILES string of the molecule is COc1cccc(C(c2ccc(C)cc2)N2CCC(NCc3ccc4c(c3)OCO4)CC2)c1. The van der Waals surface area contributed by atoms with Gasteiger partial charge in [-0.2, -0.15) is 0 Å². The fraction of sp³-hybridized carbons (Fsp3) is 0.357. The van der Waals surface area contributed by atoms with Crippen molar-refractivity contribution >= 4 is 0 Å². The van der Waals surface area contributed by atoms with Crippen LogP contribution in [0.3, 0.4) is 0 Å². The molecule has 0 bridgehead atoms. The summed E-state index contributed by atoms with van der Waals surface area (Å²) in [6, 6.07) is 24.4. The molecular weight excluding hydrogens is 412 g/mol. The molecule has 0 amide bonds. The molecule has 33 heavy (non-hydrogen) atoms. The second-order valence-electron chi connectivity index (χ2n) is 8.97. The van der Waals surface area contributed by atoms with E-state index in [4.69, 9.17) is 14.2 Å². The lowest BCUT2D eigenvalue weighted by Crippen LogP contribution is -2.43. The number of piperidine rings is 1. The Morgan fingerprint density at radius 3 is 2.52 bits per heavy atom. The Balaban J connectivity index is 1.25. The molecule has 3 aromatic carbocycles. The van der Waals surface area contributed by atoms with Gasteiger partial charge in [-0.25, -0.2) is 0 Å². The van der Waals surface area contributed by atoms with E-state index in [0.717, 1.165) is 49.7 Å². The van der Waals surface area contributed by atoms with Gasteiger partial charge in [-0.15, -0.1) is 0 Å². The van der Waals surface area contributed by atoms with Gasteiger partial charge in [0.1, 0.15) is 5.75 Å². The number of hydrogen-bond acceptors (Lipinski definition) is 5. The molecule has 172 valence electrons. The average molecular weight is 445 g/mol. The molecule has 0 saturated carbocycles. The molecule has 2 heterocycles. The number of methoxy groups -OCH3 is 1. The molecule has 1 atom stereocenters. The van der Waals surface area contributed by atoms with E-state index in [1.54, 1.807) is 7.11 Å². The van der Waals surface area contributed by atoms with Crippen molar-refractivity contribution in [1.29, 1.82) is 0 Å². The molecule has 5 rings (SSSR count). The first kappa shape index (κ1) is 21.8. The van der Waals surface area contributed by atoms with E-state index in [1.165, 1.54) is 22.3 Å². The Bertz CT molecular complexity index is 1070. The highest BCUT2D eigenvalue weighted by Gasteiger charge is 2.27. The molecular formula is C28H32N2O3. The van der Waals surface area contributed by atoms with Crippen LogP contribution >= 0.6 is 0 Å². The largest absolute Gasteiger partial charge is 0.497 e. The van der Waals surface area contributed by atoms with Gasteiger partial charge < -0.3 is 19.5 Å². The van der Waals surface area contributed by atoms with Crippen LogP contribution in [0.5, 0.6) is 17.2 Å². The van der Waals surface area contributed by atoms with Crippen LogP contribution < -0.4 is 19.5 Å². The lowest BCUT2D eigenvalue weighted by atomic mass is 9.93. The van der Waals surface area contributed by atoms with E-state index in [0.29, 0.717) is 12.8 Å². The maximum absolute atomic E-state index is 5.52. The second kappa shape index (κ2) is 9.86. The third kappa shape index (κ3) is 5.00. The third-order valence-corrected chi connectivity index (χ3v) is 6.73. The predicted octanol–water partition coefficient (Wildman–Crippen LogP) is 5.08. The smallest absolute Gasteiger partial charge is 0.231 e. The molecule has 5 nitrogen and oxygen atoms in total. The number of nitrogens with one attached hydrogen (secondary N) is 1. The Morgan fingerprint density at radius 2 is 1.73 bits per heavy atom. The summed E-state index contributed by atoms with van der Waals surface area (Å²) in [4.78, 5) is 2.61. The number of benzene rings is 3. The van der Waals surface area contributed by atoms with Crippen LogP contribution in [-0.2, 0) is 6.54 Å². The van der Waals surface area contributed by atoms with Gasteiger partial charge in [-0.05, 0) is 60.7 Å². The first-order valence-corrected chi connectivity index (χ1v) is 11.8. The van der Waals surface area contributed by atoms with Crippen molar-refractivity contribution in [3.63, 3.8) is 0 Å². The molecule has 5 heteroatoms. The lowest BCUT2D eigenvalue weighted by molar-refractivity contribution is 0.162. The number of nitrogens with zero attached hydrogens (tertiary/aromatic N) is 1. The van der Waals surface area contributed by atoms with E-state index in [2.05, 4.69) is 71.7 Å². The Hall–Kier alpha value is -3.02. The van der Waals surface area contributed by atoms with Crippen molar-refractivity contribution in [1.82, 2.24) is 10.2 Å². The van der Waals surface area contributed by atoms with Crippen LogP contribution in [0.25, 0.3) is 0 Å². The fourth-order valence-electron chi connectivity index (χ4n) is 4.85. The second-order valence-corrected chi connectivity index (χ2v) is 8.97. The minimum Gasteiger partial charge on any atom is -0.497 e. The van der Waals surface area contributed by atoms with Crippen molar-refractivity contribution in [2.24, 2.45) is 0 Å². The first-order chi connectivity index (χ1) is 16.2. The van der Waals surface area contributed by atoms with Gasteiger partial charge in [-0.3, -0.25) is 4.90 Å². The van der Waals surface area contributed by atoms with E-state index in [9.17, 15) is 0 Å². The van der Waals surface area contributed by atoms with Gasteiger partial charge in [0, 0.05) is 25.7 Å². The van der Waals surface area contributed by atoms with Gasteiger partial charge in [0.2, 0.25) is 6.79 Å². The number of likely N-dealkylation sites (tertiary alicyclic amines) is 1. The van der Waals surface area contributed by atoms with E-state index in [1.807, 2.05) is 12.1 Å².